The molecule has 0 radical (unpaired) electrons. The molecule has 2 aromatic carbocycles. The van der Waals surface area contributed by atoms with Gasteiger partial charge in [-0.2, -0.15) is 4.80 Å². The minimum Gasteiger partial charge on any atom is -0.496 e. The zero-order chi connectivity index (χ0) is 16.2. The lowest BCUT2D eigenvalue weighted by atomic mass is 10.1. The second kappa shape index (κ2) is 6.60. The van der Waals surface area contributed by atoms with Gasteiger partial charge in [0.15, 0.2) is 0 Å². The third kappa shape index (κ3) is 3.39. The predicted molar refractivity (Wildman–Crippen MR) is 89.5 cm³/mol. The fourth-order valence-corrected chi connectivity index (χ4v) is 2.50. The monoisotopic (exact) mass is 308 g/mol. The Bertz CT molecular complexity index is 793. The number of tetrazole rings is 1. The van der Waals surface area contributed by atoms with Gasteiger partial charge in [0, 0.05) is 11.1 Å². The van der Waals surface area contributed by atoms with Crippen LogP contribution in [0.2, 0.25) is 0 Å². The molecule has 23 heavy (non-hydrogen) atoms. The molecule has 0 N–H and O–H groups in total. The summed E-state index contributed by atoms with van der Waals surface area (Å²) in [5.74, 6) is 1.47. The van der Waals surface area contributed by atoms with Crippen molar-refractivity contribution in [3.63, 3.8) is 0 Å². The molecular weight excluding hydrogens is 288 g/mol. The molecule has 5 heteroatoms. The third-order valence-electron chi connectivity index (χ3n) is 3.82. The average molecular weight is 308 g/mol. The van der Waals surface area contributed by atoms with Crippen LogP contribution in [0.5, 0.6) is 5.75 Å². The van der Waals surface area contributed by atoms with Crippen LogP contribution in [0.15, 0.2) is 42.5 Å². The van der Waals surface area contributed by atoms with E-state index in [4.69, 9.17) is 4.74 Å². The van der Waals surface area contributed by atoms with Crippen molar-refractivity contribution in [1.29, 1.82) is 0 Å². The van der Waals surface area contributed by atoms with Crippen LogP contribution in [-0.2, 0) is 13.0 Å². The molecule has 0 aliphatic heterocycles. The van der Waals surface area contributed by atoms with E-state index in [2.05, 4.69) is 47.5 Å². The quantitative estimate of drug-likeness (QED) is 0.726. The van der Waals surface area contributed by atoms with E-state index in [0.717, 1.165) is 23.3 Å². The van der Waals surface area contributed by atoms with E-state index in [9.17, 15) is 0 Å². The fourth-order valence-electron chi connectivity index (χ4n) is 2.50. The molecule has 0 bridgehead atoms. The van der Waals surface area contributed by atoms with Crippen LogP contribution in [0.1, 0.15) is 23.6 Å². The minimum atomic E-state index is 0.533. The Kier molecular flexibility index (Phi) is 4.37. The molecule has 118 valence electrons. The van der Waals surface area contributed by atoms with Crippen LogP contribution >= 0.6 is 0 Å². The second-order valence-corrected chi connectivity index (χ2v) is 5.51. The standard InChI is InChI=1S/C18H20N4O/c1-4-14-6-8-15(9-7-14)18-19-21-22(20-18)12-16-11-13(2)5-10-17(16)23-3/h5-11H,4,12H2,1-3H3. The molecule has 3 aromatic rings. The lowest BCUT2D eigenvalue weighted by Crippen LogP contribution is -2.06. The van der Waals surface area contributed by atoms with E-state index < -0.39 is 0 Å². The predicted octanol–water partition coefficient (Wildman–Crippen LogP) is 3.27. The molecular formula is C18H20N4O. The number of benzene rings is 2. The van der Waals surface area contributed by atoms with Crippen LogP contribution in [0.3, 0.4) is 0 Å². The number of methoxy groups -OCH3 is 1. The maximum Gasteiger partial charge on any atom is 0.204 e. The fraction of sp³-hybridized carbons (Fsp3) is 0.278. The van der Waals surface area contributed by atoms with Crippen molar-refractivity contribution in [3.05, 3.63) is 59.2 Å². The first-order chi connectivity index (χ1) is 11.2. The number of ether oxygens (including phenoxy) is 1. The maximum absolute atomic E-state index is 5.40. The van der Waals surface area contributed by atoms with E-state index in [1.54, 1.807) is 11.9 Å². The highest BCUT2D eigenvalue weighted by molar-refractivity contribution is 5.54. The van der Waals surface area contributed by atoms with Gasteiger partial charge in [-0.15, -0.1) is 10.2 Å². The number of aromatic nitrogens is 4. The van der Waals surface area contributed by atoms with Crippen LogP contribution in [0.25, 0.3) is 11.4 Å². The van der Waals surface area contributed by atoms with Crippen molar-refractivity contribution in [2.24, 2.45) is 0 Å². The maximum atomic E-state index is 5.40. The van der Waals surface area contributed by atoms with Crippen molar-refractivity contribution in [3.8, 4) is 17.1 Å². The molecule has 1 aromatic heterocycles. The van der Waals surface area contributed by atoms with Gasteiger partial charge in [-0.1, -0.05) is 48.9 Å². The highest BCUT2D eigenvalue weighted by Gasteiger charge is 2.09. The number of nitrogens with zero attached hydrogens (tertiary/aromatic N) is 4. The molecule has 0 unspecified atom stereocenters. The molecule has 0 atom stereocenters. The molecule has 0 aliphatic carbocycles. The summed E-state index contributed by atoms with van der Waals surface area (Å²) in [4.78, 5) is 1.60. The number of hydrogen-bond donors (Lipinski definition) is 0. The molecule has 0 fully saturated rings. The molecule has 0 amide bonds. The van der Waals surface area contributed by atoms with Crippen molar-refractivity contribution in [2.45, 2.75) is 26.8 Å². The summed E-state index contributed by atoms with van der Waals surface area (Å²) in [6.45, 7) is 4.72. The van der Waals surface area contributed by atoms with Gasteiger partial charge in [0.25, 0.3) is 0 Å². The van der Waals surface area contributed by atoms with E-state index >= 15 is 0 Å². The molecule has 3 rings (SSSR count). The van der Waals surface area contributed by atoms with Gasteiger partial charge >= 0.3 is 0 Å². The third-order valence-corrected chi connectivity index (χ3v) is 3.82. The van der Waals surface area contributed by atoms with Crippen molar-refractivity contribution >= 4 is 0 Å². The van der Waals surface area contributed by atoms with Gasteiger partial charge in [0.05, 0.1) is 13.7 Å². The van der Waals surface area contributed by atoms with Crippen LogP contribution < -0.4 is 4.74 Å². The first-order valence-corrected chi connectivity index (χ1v) is 7.70. The van der Waals surface area contributed by atoms with Gasteiger partial charge in [-0.25, -0.2) is 0 Å². The summed E-state index contributed by atoms with van der Waals surface area (Å²) < 4.78 is 5.40. The number of rotatable bonds is 5. The number of hydrogen-bond acceptors (Lipinski definition) is 4. The Morgan fingerprint density at radius 3 is 2.57 bits per heavy atom. The van der Waals surface area contributed by atoms with Gasteiger partial charge in [-0.05, 0) is 30.2 Å². The largest absolute Gasteiger partial charge is 0.496 e. The van der Waals surface area contributed by atoms with Gasteiger partial charge in [0.1, 0.15) is 5.75 Å². The van der Waals surface area contributed by atoms with Gasteiger partial charge in [0.2, 0.25) is 5.82 Å². The summed E-state index contributed by atoms with van der Waals surface area (Å²) in [6.07, 6.45) is 1.02. The first kappa shape index (κ1) is 15.2. The zero-order valence-electron chi connectivity index (χ0n) is 13.7. The van der Waals surface area contributed by atoms with E-state index in [-0.39, 0.29) is 0 Å². The molecule has 0 aliphatic rings. The van der Waals surface area contributed by atoms with E-state index in [0.29, 0.717) is 12.4 Å². The van der Waals surface area contributed by atoms with Crippen LogP contribution in [0.4, 0.5) is 0 Å². The second-order valence-electron chi connectivity index (χ2n) is 5.51. The van der Waals surface area contributed by atoms with Gasteiger partial charge < -0.3 is 4.74 Å². The van der Waals surface area contributed by atoms with Crippen molar-refractivity contribution in [2.75, 3.05) is 7.11 Å². The van der Waals surface area contributed by atoms with E-state index in [1.165, 1.54) is 11.1 Å². The Morgan fingerprint density at radius 2 is 1.87 bits per heavy atom. The normalized spacial score (nSPS) is 10.7. The van der Waals surface area contributed by atoms with Crippen LogP contribution in [0, 0.1) is 6.92 Å². The summed E-state index contributed by atoms with van der Waals surface area (Å²) >= 11 is 0. The Balaban J connectivity index is 1.83. The lowest BCUT2D eigenvalue weighted by molar-refractivity contribution is 0.405. The minimum absolute atomic E-state index is 0.533. The molecule has 1 heterocycles. The molecule has 0 saturated carbocycles. The SMILES string of the molecule is CCc1ccc(-c2nnn(Cc3cc(C)ccc3OC)n2)cc1. The average Bonchev–Trinajstić information content (AvgIpc) is 3.04. The summed E-state index contributed by atoms with van der Waals surface area (Å²) in [5.41, 5.74) is 4.49. The van der Waals surface area contributed by atoms with Crippen molar-refractivity contribution in [1.82, 2.24) is 20.2 Å². The molecule has 5 nitrogen and oxygen atoms in total. The van der Waals surface area contributed by atoms with Crippen LogP contribution in [-0.4, -0.2) is 27.3 Å². The topological polar surface area (TPSA) is 52.8 Å². The van der Waals surface area contributed by atoms with Crippen molar-refractivity contribution < 1.29 is 4.74 Å². The first-order valence-electron chi connectivity index (χ1n) is 7.70. The molecule has 0 spiro atoms. The highest BCUT2D eigenvalue weighted by atomic mass is 16.5. The molecule has 0 saturated heterocycles. The Morgan fingerprint density at radius 1 is 1.09 bits per heavy atom. The van der Waals surface area contributed by atoms with Gasteiger partial charge in [-0.3, -0.25) is 0 Å². The summed E-state index contributed by atoms with van der Waals surface area (Å²) in [7, 11) is 1.67. The zero-order valence-corrected chi connectivity index (χ0v) is 13.7. The highest BCUT2D eigenvalue weighted by Crippen LogP contribution is 2.21. The summed E-state index contributed by atoms with van der Waals surface area (Å²) in [6, 6.07) is 14.3. The lowest BCUT2D eigenvalue weighted by Gasteiger charge is -2.08. The Hall–Kier alpha value is -2.69. The van der Waals surface area contributed by atoms with E-state index in [1.807, 2.05) is 24.3 Å². The number of aryl methyl sites for hydroxylation is 2. The smallest absolute Gasteiger partial charge is 0.204 e. The summed E-state index contributed by atoms with van der Waals surface area (Å²) in [5, 5.41) is 12.8. The Labute approximate surface area is 135 Å².